The number of nitrogens with zero attached hydrogens (tertiary/aromatic N) is 1. The van der Waals surface area contributed by atoms with Crippen LogP contribution in [-0.2, 0) is 14.3 Å². The van der Waals surface area contributed by atoms with Crippen LogP contribution in [0.1, 0.15) is 26.7 Å². The first-order valence-electron chi connectivity index (χ1n) is 5.48. The van der Waals surface area contributed by atoms with Crippen molar-refractivity contribution in [3.63, 3.8) is 0 Å². The van der Waals surface area contributed by atoms with Gasteiger partial charge in [0, 0.05) is 12.5 Å². The fourth-order valence-electron chi connectivity index (χ4n) is 2.12. The molecular formula is C12H19NO3. The van der Waals surface area contributed by atoms with Gasteiger partial charge in [0.1, 0.15) is 5.54 Å². The third kappa shape index (κ3) is 1.96. The Balaban J connectivity index is 3.02. The Labute approximate surface area is 96.3 Å². The van der Waals surface area contributed by atoms with Crippen molar-refractivity contribution in [2.45, 2.75) is 32.2 Å². The highest BCUT2D eigenvalue weighted by molar-refractivity contribution is 5.90. The molecule has 0 aromatic heterocycles. The summed E-state index contributed by atoms with van der Waals surface area (Å²) in [5.41, 5.74) is -0.841. The van der Waals surface area contributed by atoms with Gasteiger partial charge >= 0.3 is 5.97 Å². The van der Waals surface area contributed by atoms with E-state index in [1.165, 1.54) is 7.11 Å². The number of carbonyl (C=O) groups is 2. The average molecular weight is 225 g/mol. The van der Waals surface area contributed by atoms with Gasteiger partial charge in [0.2, 0.25) is 5.91 Å². The largest absolute Gasteiger partial charge is 0.467 e. The fraction of sp³-hybridized carbons (Fsp3) is 0.667. The lowest BCUT2D eigenvalue weighted by Crippen LogP contribution is -2.59. The summed E-state index contributed by atoms with van der Waals surface area (Å²) in [4.78, 5) is 25.4. The minimum atomic E-state index is -0.841. The Kier molecular flexibility index (Phi) is 3.73. The monoisotopic (exact) mass is 225 g/mol. The normalized spacial score (nSPS) is 30.1. The van der Waals surface area contributed by atoms with Gasteiger partial charge in [-0.1, -0.05) is 13.0 Å². The van der Waals surface area contributed by atoms with Crippen molar-refractivity contribution >= 4 is 11.9 Å². The molecule has 1 rings (SSSR count). The Hall–Kier alpha value is -1.32. The van der Waals surface area contributed by atoms with Crippen molar-refractivity contribution in [2.75, 3.05) is 13.7 Å². The van der Waals surface area contributed by atoms with Crippen molar-refractivity contribution in [3.8, 4) is 0 Å². The van der Waals surface area contributed by atoms with Crippen LogP contribution in [0.2, 0.25) is 0 Å². The lowest BCUT2D eigenvalue weighted by molar-refractivity contribution is -0.166. The second-order valence-corrected chi connectivity index (χ2v) is 4.44. The van der Waals surface area contributed by atoms with Gasteiger partial charge in [0.05, 0.1) is 7.11 Å². The lowest BCUT2D eigenvalue weighted by atomic mass is 9.83. The topological polar surface area (TPSA) is 46.6 Å². The van der Waals surface area contributed by atoms with Crippen LogP contribution in [0.5, 0.6) is 0 Å². The quantitative estimate of drug-likeness (QED) is 0.538. The molecule has 4 heteroatoms. The summed E-state index contributed by atoms with van der Waals surface area (Å²) >= 11 is 0. The minimum Gasteiger partial charge on any atom is -0.467 e. The van der Waals surface area contributed by atoms with E-state index in [0.717, 1.165) is 6.42 Å². The molecule has 1 aliphatic rings. The second-order valence-electron chi connectivity index (χ2n) is 4.44. The standard InChI is InChI=1S/C12H19NO3/c1-5-8-13-10(14)9(2)6-7-12(13,3)11(15)16-4/h5,9H,1,6-8H2,2-4H3. The van der Waals surface area contributed by atoms with E-state index in [1.54, 1.807) is 17.9 Å². The molecule has 1 heterocycles. The molecule has 4 nitrogen and oxygen atoms in total. The first-order valence-corrected chi connectivity index (χ1v) is 5.48. The van der Waals surface area contributed by atoms with E-state index in [2.05, 4.69) is 6.58 Å². The van der Waals surface area contributed by atoms with Crippen molar-refractivity contribution in [1.29, 1.82) is 0 Å². The predicted octanol–water partition coefficient (Wildman–Crippen LogP) is 1.36. The number of carbonyl (C=O) groups excluding carboxylic acids is 2. The number of hydrogen-bond acceptors (Lipinski definition) is 3. The number of hydrogen-bond donors (Lipinski definition) is 0. The van der Waals surface area contributed by atoms with Crippen LogP contribution in [0.25, 0.3) is 0 Å². The van der Waals surface area contributed by atoms with Crippen LogP contribution >= 0.6 is 0 Å². The van der Waals surface area contributed by atoms with E-state index < -0.39 is 5.54 Å². The molecule has 2 unspecified atom stereocenters. The van der Waals surface area contributed by atoms with Gasteiger partial charge in [-0.15, -0.1) is 6.58 Å². The molecule has 1 fully saturated rings. The van der Waals surface area contributed by atoms with Gasteiger partial charge in [0.25, 0.3) is 0 Å². The number of likely N-dealkylation sites (tertiary alicyclic amines) is 1. The number of ether oxygens (including phenoxy) is 1. The molecule has 0 spiro atoms. The molecule has 0 aromatic carbocycles. The highest BCUT2D eigenvalue weighted by Crippen LogP contribution is 2.32. The molecule has 0 aromatic rings. The van der Waals surface area contributed by atoms with Crippen LogP contribution in [-0.4, -0.2) is 36.0 Å². The highest BCUT2D eigenvalue weighted by atomic mass is 16.5. The summed E-state index contributed by atoms with van der Waals surface area (Å²) in [6.07, 6.45) is 3.00. The molecule has 0 N–H and O–H groups in total. The summed E-state index contributed by atoms with van der Waals surface area (Å²) in [7, 11) is 1.35. The maximum atomic E-state index is 12.0. The van der Waals surface area contributed by atoms with Gasteiger partial charge < -0.3 is 9.64 Å². The average Bonchev–Trinajstić information content (AvgIpc) is 2.28. The molecular weight excluding hydrogens is 206 g/mol. The molecule has 2 atom stereocenters. The van der Waals surface area contributed by atoms with Gasteiger partial charge in [-0.3, -0.25) is 4.79 Å². The van der Waals surface area contributed by atoms with Gasteiger partial charge in [-0.05, 0) is 19.8 Å². The summed E-state index contributed by atoms with van der Waals surface area (Å²) in [6.45, 7) is 7.64. The first kappa shape index (κ1) is 12.7. The number of methoxy groups -OCH3 is 1. The van der Waals surface area contributed by atoms with E-state index in [4.69, 9.17) is 4.74 Å². The summed E-state index contributed by atoms with van der Waals surface area (Å²) in [6, 6.07) is 0. The summed E-state index contributed by atoms with van der Waals surface area (Å²) in [5.74, 6) is -0.383. The maximum Gasteiger partial charge on any atom is 0.331 e. The zero-order chi connectivity index (χ0) is 12.3. The van der Waals surface area contributed by atoms with Gasteiger partial charge in [-0.25, -0.2) is 4.79 Å². The van der Waals surface area contributed by atoms with Crippen LogP contribution in [0.15, 0.2) is 12.7 Å². The summed E-state index contributed by atoms with van der Waals surface area (Å²) < 4.78 is 4.79. The van der Waals surface area contributed by atoms with Crippen LogP contribution in [0.3, 0.4) is 0 Å². The molecule has 0 bridgehead atoms. The van der Waals surface area contributed by atoms with Crippen molar-refractivity contribution in [3.05, 3.63) is 12.7 Å². The molecule has 0 aliphatic carbocycles. The zero-order valence-electron chi connectivity index (χ0n) is 10.2. The Bertz CT molecular complexity index is 313. The molecule has 1 aliphatic heterocycles. The molecule has 1 saturated heterocycles. The number of amides is 1. The van der Waals surface area contributed by atoms with E-state index in [0.29, 0.717) is 13.0 Å². The van der Waals surface area contributed by atoms with Crippen LogP contribution in [0.4, 0.5) is 0 Å². The van der Waals surface area contributed by atoms with E-state index in [1.807, 2.05) is 6.92 Å². The lowest BCUT2D eigenvalue weighted by Gasteiger charge is -2.43. The Morgan fingerprint density at radius 1 is 1.75 bits per heavy atom. The van der Waals surface area contributed by atoms with E-state index in [-0.39, 0.29) is 17.8 Å². The van der Waals surface area contributed by atoms with E-state index >= 15 is 0 Å². The molecule has 90 valence electrons. The predicted molar refractivity (Wildman–Crippen MR) is 60.7 cm³/mol. The summed E-state index contributed by atoms with van der Waals surface area (Å²) in [5, 5.41) is 0. The minimum absolute atomic E-state index is 0.000880. The molecule has 16 heavy (non-hydrogen) atoms. The third-order valence-corrected chi connectivity index (χ3v) is 3.28. The fourth-order valence-corrected chi connectivity index (χ4v) is 2.12. The molecule has 0 radical (unpaired) electrons. The maximum absolute atomic E-state index is 12.0. The zero-order valence-corrected chi connectivity index (χ0v) is 10.2. The number of rotatable bonds is 3. The SMILES string of the molecule is C=CCN1C(=O)C(C)CCC1(C)C(=O)OC. The molecule has 1 amide bonds. The van der Waals surface area contributed by atoms with Gasteiger partial charge in [0.15, 0.2) is 0 Å². The smallest absolute Gasteiger partial charge is 0.331 e. The molecule has 0 saturated carbocycles. The number of esters is 1. The van der Waals surface area contributed by atoms with E-state index in [9.17, 15) is 9.59 Å². The van der Waals surface area contributed by atoms with Gasteiger partial charge in [-0.2, -0.15) is 0 Å². The van der Waals surface area contributed by atoms with Crippen molar-refractivity contribution < 1.29 is 14.3 Å². The third-order valence-electron chi connectivity index (χ3n) is 3.28. The second kappa shape index (κ2) is 4.68. The van der Waals surface area contributed by atoms with Crippen LogP contribution < -0.4 is 0 Å². The highest BCUT2D eigenvalue weighted by Gasteiger charge is 2.47. The van der Waals surface area contributed by atoms with Crippen LogP contribution in [0, 0.1) is 5.92 Å². The van der Waals surface area contributed by atoms with Crippen molar-refractivity contribution in [1.82, 2.24) is 4.90 Å². The number of piperidine rings is 1. The Morgan fingerprint density at radius 2 is 2.38 bits per heavy atom. The Morgan fingerprint density at radius 3 is 2.88 bits per heavy atom. The van der Waals surface area contributed by atoms with Crippen molar-refractivity contribution in [2.24, 2.45) is 5.92 Å². The first-order chi connectivity index (χ1) is 7.47.